The summed E-state index contributed by atoms with van der Waals surface area (Å²) in [7, 11) is 0. The van der Waals surface area contributed by atoms with Crippen molar-refractivity contribution >= 4 is 15.9 Å². The van der Waals surface area contributed by atoms with Gasteiger partial charge in [0.1, 0.15) is 6.26 Å². The molecule has 0 aliphatic rings. The van der Waals surface area contributed by atoms with Gasteiger partial charge in [-0.1, -0.05) is 19.1 Å². The van der Waals surface area contributed by atoms with Crippen LogP contribution < -0.4 is 5.32 Å². The third-order valence-corrected chi connectivity index (χ3v) is 2.90. The topological polar surface area (TPSA) is 38.1 Å². The molecule has 0 unspecified atom stereocenters. The summed E-state index contributed by atoms with van der Waals surface area (Å²) in [4.78, 5) is 4.42. The van der Waals surface area contributed by atoms with Crippen molar-refractivity contribution in [2.45, 2.75) is 13.5 Å². The SMILES string of the molecule is CCNCc1coc(-c2ccccc2Br)n1. The minimum Gasteiger partial charge on any atom is -0.444 e. The molecule has 2 aromatic rings. The molecule has 1 aromatic carbocycles. The Hall–Kier alpha value is -1.13. The van der Waals surface area contributed by atoms with Crippen LogP contribution in [-0.4, -0.2) is 11.5 Å². The summed E-state index contributed by atoms with van der Waals surface area (Å²) >= 11 is 3.48. The van der Waals surface area contributed by atoms with Crippen LogP contribution in [0, 0.1) is 0 Å². The molecule has 2 rings (SSSR count). The molecule has 1 aromatic heterocycles. The summed E-state index contributed by atoms with van der Waals surface area (Å²) < 4.78 is 6.44. The molecule has 0 bridgehead atoms. The molecule has 16 heavy (non-hydrogen) atoms. The van der Waals surface area contributed by atoms with Crippen LogP contribution in [0.3, 0.4) is 0 Å². The van der Waals surface area contributed by atoms with Gasteiger partial charge in [0.2, 0.25) is 5.89 Å². The molecule has 0 aliphatic heterocycles. The van der Waals surface area contributed by atoms with E-state index < -0.39 is 0 Å². The molecule has 4 heteroatoms. The molecular formula is C12H13BrN2O. The van der Waals surface area contributed by atoms with Gasteiger partial charge in [0.05, 0.1) is 11.3 Å². The molecule has 84 valence electrons. The third-order valence-electron chi connectivity index (χ3n) is 2.21. The lowest BCUT2D eigenvalue weighted by molar-refractivity contribution is 0.570. The molecular weight excluding hydrogens is 268 g/mol. The van der Waals surface area contributed by atoms with Crippen LogP contribution in [0.5, 0.6) is 0 Å². The summed E-state index contributed by atoms with van der Waals surface area (Å²) in [5.74, 6) is 0.653. The molecule has 1 N–H and O–H groups in total. The highest BCUT2D eigenvalue weighted by Crippen LogP contribution is 2.26. The predicted molar refractivity (Wildman–Crippen MR) is 67.0 cm³/mol. The molecule has 3 nitrogen and oxygen atoms in total. The van der Waals surface area contributed by atoms with E-state index in [1.807, 2.05) is 24.3 Å². The molecule has 0 atom stereocenters. The maximum Gasteiger partial charge on any atom is 0.227 e. The number of aromatic nitrogens is 1. The van der Waals surface area contributed by atoms with Gasteiger partial charge in [-0.25, -0.2) is 4.98 Å². The van der Waals surface area contributed by atoms with Crippen molar-refractivity contribution in [3.05, 3.63) is 40.7 Å². The van der Waals surface area contributed by atoms with Gasteiger partial charge in [-0.2, -0.15) is 0 Å². The number of benzene rings is 1. The smallest absolute Gasteiger partial charge is 0.227 e. The molecule has 0 saturated carbocycles. The summed E-state index contributed by atoms with van der Waals surface area (Å²) in [6.45, 7) is 3.73. The van der Waals surface area contributed by atoms with Crippen LogP contribution in [0.15, 0.2) is 39.4 Å². The molecule has 0 radical (unpaired) electrons. The Bertz CT molecular complexity index is 468. The minimum atomic E-state index is 0.653. The van der Waals surface area contributed by atoms with E-state index in [0.717, 1.165) is 28.8 Å². The van der Waals surface area contributed by atoms with Gasteiger partial charge in [0, 0.05) is 11.0 Å². The van der Waals surface area contributed by atoms with Crippen LogP contribution >= 0.6 is 15.9 Å². The van der Waals surface area contributed by atoms with E-state index in [1.165, 1.54) is 0 Å². The fraction of sp³-hybridized carbons (Fsp3) is 0.250. The minimum absolute atomic E-state index is 0.653. The van der Waals surface area contributed by atoms with Crippen molar-refractivity contribution in [1.29, 1.82) is 0 Å². The quantitative estimate of drug-likeness (QED) is 0.935. The number of nitrogens with one attached hydrogen (secondary N) is 1. The summed E-state index contributed by atoms with van der Waals surface area (Å²) in [6.07, 6.45) is 1.69. The Labute approximate surface area is 103 Å². The van der Waals surface area contributed by atoms with Crippen molar-refractivity contribution in [1.82, 2.24) is 10.3 Å². The van der Waals surface area contributed by atoms with Crippen molar-refractivity contribution in [3.63, 3.8) is 0 Å². The van der Waals surface area contributed by atoms with Gasteiger partial charge >= 0.3 is 0 Å². The van der Waals surface area contributed by atoms with E-state index in [2.05, 4.69) is 33.2 Å². The number of nitrogens with zero attached hydrogens (tertiary/aromatic N) is 1. The zero-order valence-corrected chi connectivity index (χ0v) is 10.6. The lowest BCUT2D eigenvalue weighted by atomic mass is 10.2. The van der Waals surface area contributed by atoms with E-state index in [9.17, 15) is 0 Å². The fourth-order valence-electron chi connectivity index (χ4n) is 1.40. The second-order valence-electron chi connectivity index (χ2n) is 3.40. The summed E-state index contributed by atoms with van der Waals surface area (Å²) in [5, 5.41) is 3.21. The number of rotatable bonds is 4. The highest BCUT2D eigenvalue weighted by atomic mass is 79.9. The second kappa shape index (κ2) is 5.27. The van der Waals surface area contributed by atoms with Crippen molar-refractivity contribution in [2.24, 2.45) is 0 Å². The Balaban J connectivity index is 2.22. The van der Waals surface area contributed by atoms with Gasteiger partial charge in [-0.05, 0) is 34.6 Å². The molecule has 0 amide bonds. The van der Waals surface area contributed by atoms with Gasteiger partial charge in [0.15, 0.2) is 0 Å². The maximum atomic E-state index is 5.45. The second-order valence-corrected chi connectivity index (χ2v) is 4.26. The molecule has 0 saturated heterocycles. The van der Waals surface area contributed by atoms with Gasteiger partial charge in [-0.3, -0.25) is 0 Å². The van der Waals surface area contributed by atoms with Gasteiger partial charge < -0.3 is 9.73 Å². The number of hydrogen-bond donors (Lipinski definition) is 1. The highest BCUT2D eigenvalue weighted by Gasteiger charge is 2.08. The van der Waals surface area contributed by atoms with E-state index in [4.69, 9.17) is 4.42 Å². The van der Waals surface area contributed by atoms with E-state index >= 15 is 0 Å². The zero-order valence-electron chi connectivity index (χ0n) is 9.03. The lowest BCUT2D eigenvalue weighted by Gasteiger charge is -1.98. The predicted octanol–water partition coefficient (Wildman–Crippen LogP) is 3.21. The van der Waals surface area contributed by atoms with Crippen molar-refractivity contribution in [3.8, 4) is 11.5 Å². The Morgan fingerprint density at radius 1 is 1.38 bits per heavy atom. The van der Waals surface area contributed by atoms with E-state index in [0.29, 0.717) is 5.89 Å². The maximum absolute atomic E-state index is 5.45. The van der Waals surface area contributed by atoms with Crippen molar-refractivity contribution in [2.75, 3.05) is 6.54 Å². The Morgan fingerprint density at radius 3 is 2.94 bits per heavy atom. The normalized spacial score (nSPS) is 10.6. The summed E-state index contributed by atoms with van der Waals surface area (Å²) in [6, 6.07) is 7.89. The van der Waals surface area contributed by atoms with Gasteiger partial charge in [-0.15, -0.1) is 0 Å². The Kier molecular flexibility index (Phi) is 3.74. The van der Waals surface area contributed by atoms with E-state index in [-0.39, 0.29) is 0 Å². The average Bonchev–Trinajstić information content (AvgIpc) is 2.75. The molecule has 1 heterocycles. The Morgan fingerprint density at radius 2 is 2.19 bits per heavy atom. The average molecular weight is 281 g/mol. The highest BCUT2D eigenvalue weighted by molar-refractivity contribution is 9.10. The monoisotopic (exact) mass is 280 g/mol. The first-order valence-electron chi connectivity index (χ1n) is 5.21. The number of oxazole rings is 1. The van der Waals surface area contributed by atoms with Crippen LogP contribution in [0.1, 0.15) is 12.6 Å². The van der Waals surface area contributed by atoms with Gasteiger partial charge in [0.25, 0.3) is 0 Å². The van der Waals surface area contributed by atoms with Crippen LogP contribution in [0.2, 0.25) is 0 Å². The first-order valence-corrected chi connectivity index (χ1v) is 6.00. The first-order chi connectivity index (χ1) is 7.81. The third kappa shape index (κ3) is 2.51. The molecule has 0 fully saturated rings. The van der Waals surface area contributed by atoms with Crippen LogP contribution in [-0.2, 0) is 6.54 Å². The fourth-order valence-corrected chi connectivity index (χ4v) is 1.85. The zero-order chi connectivity index (χ0) is 11.4. The number of halogens is 1. The largest absolute Gasteiger partial charge is 0.444 e. The lowest BCUT2D eigenvalue weighted by Crippen LogP contribution is -2.11. The van der Waals surface area contributed by atoms with Crippen LogP contribution in [0.25, 0.3) is 11.5 Å². The summed E-state index contributed by atoms with van der Waals surface area (Å²) in [5.41, 5.74) is 1.90. The van der Waals surface area contributed by atoms with Crippen molar-refractivity contribution < 1.29 is 4.42 Å². The van der Waals surface area contributed by atoms with Crippen LogP contribution in [0.4, 0.5) is 0 Å². The molecule has 0 spiro atoms. The molecule has 0 aliphatic carbocycles. The van der Waals surface area contributed by atoms with E-state index in [1.54, 1.807) is 6.26 Å². The first kappa shape index (κ1) is 11.4. The number of hydrogen-bond acceptors (Lipinski definition) is 3. The standard InChI is InChI=1S/C12H13BrN2O/c1-2-14-7-9-8-16-12(15-9)10-5-3-4-6-11(10)13/h3-6,8,14H,2,7H2,1H3.